The molecular weight excluding hydrogens is 220 g/mol. The molecule has 0 bridgehead atoms. The van der Waals surface area contributed by atoms with E-state index in [9.17, 15) is 4.79 Å². The number of rotatable bonds is 4. The first-order valence-electron chi connectivity index (χ1n) is 5.45. The Morgan fingerprint density at radius 2 is 1.82 bits per heavy atom. The predicted molar refractivity (Wildman–Crippen MR) is 64.2 cm³/mol. The number of hydrogen-bond donors (Lipinski definition) is 2. The summed E-state index contributed by atoms with van der Waals surface area (Å²) in [5, 5.41) is 18.2. The fraction of sp³-hybridized carbons (Fsp3) is 0.462. The number of carboxylic acids is 1. The summed E-state index contributed by atoms with van der Waals surface area (Å²) in [6, 6.07) is 6.22. The van der Waals surface area contributed by atoms with Crippen molar-refractivity contribution in [3.8, 4) is 11.5 Å². The Morgan fingerprint density at radius 1 is 1.29 bits per heavy atom. The minimum absolute atomic E-state index is 0.115. The van der Waals surface area contributed by atoms with Crippen LogP contribution in [-0.2, 0) is 4.79 Å². The Labute approximate surface area is 101 Å². The van der Waals surface area contributed by atoms with E-state index in [4.69, 9.17) is 14.9 Å². The first-order valence-corrected chi connectivity index (χ1v) is 5.45. The molecule has 0 aliphatic rings. The molecule has 1 atom stereocenters. The van der Waals surface area contributed by atoms with Gasteiger partial charge in [-0.15, -0.1) is 0 Å². The molecule has 0 radical (unpaired) electrons. The molecule has 4 heteroatoms. The molecule has 0 heterocycles. The normalized spacial score (nSPS) is 13.1. The predicted octanol–water partition coefficient (Wildman–Crippen LogP) is 2.52. The monoisotopic (exact) mass is 238 g/mol. The van der Waals surface area contributed by atoms with Crippen molar-refractivity contribution < 1.29 is 19.7 Å². The Balaban J connectivity index is 2.65. The number of aliphatic carboxylic acids is 1. The number of carboxylic acid groups (broad SMARTS) is 1. The van der Waals surface area contributed by atoms with Crippen molar-refractivity contribution in [2.75, 3.05) is 6.61 Å². The van der Waals surface area contributed by atoms with E-state index in [2.05, 4.69) is 0 Å². The fourth-order valence-corrected chi connectivity index (χ4v) is 1.41. The molecule has 0 saturated carbocycles. The van der Waals surface area contributed by atoms with Crippen LogP contribution in [0.25, 0.3) is 0 Å². The van der Waals surface area contributed by atoms with Crippen LogP contribution in [0.3, 0.4) is 0 Å². The first kappa shape index (κ1) is 13.4. The highest BCUT2D eigenvalue weighted by Crippen LogP contribution is 2.27. The molecule has 0 aliphatic carbocycles. The van der Waals surface area contributed by atoms with Crippen LogP contribution < -0.4 is 4.74 Å². The minimum Gasteiger partial charge on any atom is -0.508 e. The van der Waals surface area contributed by atoms with Crippen LogP contribution in [0.4, 0.5) is 0 Å². The van der Waals surface area contributed by atoms with Crippen molar-refractivity contribution in [1.29, 1.82) is 0 Å². The van der Waals surface area contributed by atoms with Crippen LogP contribution >= 0.6 is 0 Å². The second-order valence-electron chi connectivity index (χ2n) is 5.06. The smallest absolute Gasteiger partial charge is 0.310 e. The molecule has 0 aliphatic heterocycles. The summed E-state index contributed by atoms with van der Waals surface area (Å²) in [7, 11) is 0. The number of aromatic hydroxyl groups is 1. The fourth-order valence-electron chi connectivity index (χ4n) is 1.41. The van der Waals surface area contributed by atoms with E-state index in [1.807, 2.05) is 20.8 Å². The lowest BCUT2D eigenvalue weighted by Crippen LogP contribution is -2.33. The van der Waals surface area contributed by atoms with Crippen LogP contribution in [-0.4, -0.2) is 22.8 Å². The molecule has 1 unspecified atom stereocenters. The molecule has 0 amide bonds. The standard InChI is InChI=1S/C13H18O4/c1-13(2,3)11(12(15)16)8-17-10-6-4-9(14)5-7-10/h4-7,11,14H,8H2,1-3H3,(H,15,16). The second kappa shape index (κ2) is 5.08. The third-order valence-corrected chi connectivity index (χ3v) is 2.60. The minimum atomic E-state index is -0.865. The van der Waals surface area contributed by atoms with Gasteiger partial charge in [-0.25, -0.2) is 0 Å². The van der Waals surface area contributed by atoms with Gasteiger partial charge in [0, 0.05) is 0 Å². The molecular formula is C13H18O4. The molecule has 17 heavy (non-hydrogen) atoms. The summed E-state index contributed by atoms with van der Waals surface area (Å²) in [5.41, 5.74) is -0.358. The zero-order chi connectivity index (χ0) is 13.1. The number of phenols is 1. The summed E-state index contributed by atoms with van der Waals surface area (Å²) in [5.74, 6) is -0.728. The average Bonchev–Trinajstić information content (AvgIpc) is 2.18. The molecule has 0 fully saturated rings. The van der Waals surface area contributed by atoms with Crippen molar-refractivity contribution in [2.24, 2.45) is 11.3 Å². The maximum absolute atomic E-state index is 11.1. The number of hydrogen-bond acceptors (Lipinski definition) is 3. The first-order chi connectivity index (χ1) is 7.80. The van der Waals surface area contributed by atoms with Gasteiger partial charge < -0.3 is 14.9 Å². The van der Waals surface area contributed by atoms with Crippen molar-refractivity contribution in [1.82, 2.24) is 0 Å². The quantitative estimate of drug-likeness (QED) is 0.845. The third-order valence-electron chi connectivity index (χ3n) is 2.60. The summed E-state index contributed by atoms with van der Waals surface area (Å²) >= 11 is 0. The molecule has 94 valence electrons. The molecule has 1 rings (SSSR count). The molecule has 0 saturated heterocycles. The second-order valence-corrected chi connectivity index (χ2v) is 5.06. The van der Waals surface area contributed by atoms with Gasteiger partial charge in [-0.2, -0.15) is 0 Å². The van der Waals surface area contributed by atoms with Crippen molar-refractivity contribution >= 4 is 5.97 Å². The SMILES string of the molecule is CC(C)(C)C(COc1ccc(O)cc1)C(=O)O. The van der Waals surface area contributed by atoms with Gasteiger partial charge in [0.05, 0.1) is 5.92 Å². The van der Waals surface area contributed by atoms with Crippen LogP contribution in [0.5, 0.6) is 11.5 Å². The van der Waals surface area contributed by atoms with Gasteiger partial charge >= 0.3 is 5.97 Å². The summed E-state index contributed by atoms with van der Waals surface area (Å²) in [6.45, 7) is 5.72. The van der Waals surface area contributed by atoms with E-state index >= 15 is 0 Å². The van der Waals surface area contributed by atoms with E-state index in [0.29, 0.717) is 5.75 Å². The zero-order valence-electron chi connectivity index (χ0n) is 10.3. The van der Waals surface area contributed by atoms with E-state index < -0.39 is 11.9 Å². The molecule has 0 spiro atoms. The number of carbonyl (C=O) groups is 1. The maximum atomic E-state index is 11.1. The van der Waals surface area contributed by atoms with E-state index in [0.717, 1.165) is 0 Å². The lowest BCUT2D eigenvalue weighted by atomic mass is 9.81. The van der Waals surface area contributed by atoms with Gasteiger partial charge in [0.2, 0.25) is 0 Å². The van der Waals surface area contributed by atoms with Gasteiger partial charge in [-0.1, -0.05) is 20.8 Å². The Kier molecular flexibility index (Phi) is 3.99. The largest absolute Gasteiger partial charge is 0.508 e. The van der Waals surface area contributed by atoms with Gasteiger partial charge in [-0.3, -0.25) is 4.79 Å². The Bertz CT molecular complexity index is 375. The molecule has 1 aromatic carbocycles. The molecule has 4 nitrogen and oxygen atoms in total. The molecule has 0 aromatic heterocycles. The Hall–Kier alpha value is -1.71. The number of phenolic OH excluding ortho intramolecular Hbond substituents is 1. The topological polar surface area (TPSA) is 66.8 Å². The summed E-state index contributed by atoms with van der Waals surface area (Å²) < 4.78 is 5.42. The van der Waals surface area contributed by atoms with Crippen molar-refractivity contribution in [3.63, 3.8) is 0 Å². The van der Waals surface area contributed by atoms with Gasteiger partial charge in [-0.05, 0) is 29.7 Å². The third kappa shape index (κ3) is 3.98. The van der Waals surface area contributed by atoms with Crippen molar-refractivity contribution in [2.45, 2.75) is 20.8 Å². The van der Waals surface area contributed by atoms with Gasteiger partial charge in [0.1, 0.15) is 18.1 Å². The molecule has 1 aromatic rings. The summed E-state index contributed by atoms with van der Waals surface area (Å²) in [6.07, 6.45) is 0. The van der Waals surface area contributed by atoms with Crippen LogP contribution in [0, 0.1) is 11.3 Å². The zero-order valence-corrected chi connectivity index (χ0v) is 10.3. The lowest BCUT2D eigenvalue weighted by molar-refractivity contribution is -0.146. The van der Waals surface area contributed by atoms with E-state index in [-0.39, 0.29) is 17.8 Å². The lowest BCUT2D eigenvalue weighted by Gasteiger charge is -2.26. The highest BCUT2D eigenvalue weighted by molar-refractivity contribution is 5.71. The van der Waals surface area contributed by atoms with Gasteiger partial charge in [0.15, 0.2) is 0 Å². The number of ether oxygens (including phenoxy) is 1. The van der Waals surface area contributed by atoms with Gasteiger partial charge in [0.25, 0.3) is 0 Å². The van der Waals surface area contributed by atoms with E-state index in [1.54, 1.807) is 12.1 Å². The van der Waals surface area contributed by atoms with Crippen LogP contribution in [0.15, 0.2) is 24.3 Å². The summed E-state index contributed by atoms with van der Waals surface area (Å²) in [4.78, 5) is 11.1. The average molecular weight is 238 g/mol. The number of benzene rings is 1. The maximum Gasteiger partial charge on any atom is 0.310 e. The highest BCUT2D eigenvalue weighted by Gasteiger charge is 2.31. The molecule has 2 N–H and O–H groups in total. The van der Waals surface area contributed by atoms with Crippen LogP contribution in [0.2, 0.25) is 0 Å². The Morgan fingerprint density at radius 3 is 2.24 bits per heavy atom. The van der Waals surface area contributed by atoms with Crippen LogP contribution in [0.1, 0.15) is 20.8 Å². The highest BCUT2D eigenvalue weighted by atomic mass is 16.5. The van der Waals surface area contributed by atoms with Crippen molar-refractivity contribution in [3.05, 3.63) is 24.3 Å². The van der Waals surface area contributed by atoms with E-state index in [1.165, 1.54) is 12.1 Å².